The number of likely N-dealkylation sites (tertiary alicyclic amines) is 1. The summed E-state index contributed by atoms with van der Waals surface area (Å²) in [5, 5.41) is 5.40. The van der Waals surface area contributed by atoms with Crippen LogP contribution in [0.2, 0.25) is 0 Å². The summed E-state index contributed by atoms with van der Waals surface area (Å²) in [6.45, 7) is 3.30. The molecule has 2 amide bonds. The van der Waals surface area contributed by atoms with Gasteiger partial charge in [0.05, 0.1) is 5.56 Å². The van der Waals surface area contributed by atoms with Gasteiger partial charge in [-0.05, 0) is 49.1 Å². The predicted molar refractivity (Wildman–Crippen MR) is 130 cm³/mol. The van der Waals surface area contributed by atoms with Crippen LogP contribution >= 0.6 is 0 Å². The zero-order chi connectivity index (χ0) is 25.4. The van der Waals surface area contributed by atoms with E-state index in [2.05, 4.69) is 21.2 Å². The fourth-order valence-electron chi connectivity index (χ4n) is 4.69. The van der Waals surface area contributed by atoms with Crippen LogP contribution in [0.15, 0.2) is 41.6 Å². The van der Waals surface area contributed by atoms with E-state index in [-0.39, 0.29) is 29.2 Å². The van der Waals surface area contributed by atoms with Gasteiger partial charge in [0.15, 0.2) is 17.5 Å². The van der Waals surface area contributed by atoms with Crippen molar-refractivity contribution in [3.63, 3.8) is 0 Å². The summed E-state index contributed by atoms with van der Waals surface area (Å²) in [5.41, 5.74) is 13.5. The Morgan fingerprint density at radius 3 is 2.78 bits per heavy atom. The normalized spacial score (nSPS) is 18.8. The van der Waals surface area contributed by atoms with Crippen LogP contribution in [0.5, 0.6) is 0 Å². The number of carbonyl (C=O) groups excluding carboxylic acids is 2. The van der Waals surface area contributed by atoms with Crippen LogP contribution in [-0.2, 0) is 9.59 Å². The highest BCUT2D eigenvalue weighted by Crippen LogP contribution is 2.28. The van der Waals surface area contributed by atoms with Crippen molar-refractivity contribution < 1.29 is 18.4 Å². The molecule has 3 aliphatic heterocycles. The van der Waals surface area contributed by atoms with Crippen LogP contribution in [0, 0.1) is 11.6 Å². The molecular weight excluding hydrogens is 470 g/mol. The van der Waals surface area contributed by atoms with Crippen molar-refractivity contribution in [3.05, 3.63) is 59.3 Å². The lowest BCUT2D eigenvalue weighted by Crippen LogP contribution is -2.48. The minimum Gasteiger partial charge on any atom is -0.383 e. The van der Waals surface area contributed by atoms with E-state index in [1.54, 1.807) is 29.0 Å². The number of hydrazone groups is 1. The molecule has 4 N–H and O–H groups in total. The van der Waals surface area contributed by atoms with E-state index in [1.807, 2.05) is 6.08 Å². The van der Waals surface area contributed by atoms with Crippen molar-refractivity contribution in [3.8, 4) is 0 Å². The molecule has 0 unspecified atom stereocenters. The molecule has 1 aromatic carbocycles. The number of benzene rings is 1. The molecule has 2 aromatic rings. The van der Waals surface area contributed by atoms with E-state index in [9.17, 15) is 18.4 Å². The number of nitrogen functional groups attached to an aromatic ring is 1. The number of carbonyl (C=O) groups is 2. The predicted octanol–water partition coefficient (Wildman–Crippen LogP) is 1.76. The van der Waals surface area contributed by atoms with Crippen molar-refractivity contribution in [1.82, 2.24) is 25.9 Å². The van der Waals surface area contributed by atoms with Gasteiger partial charge in [-0.1, -0.05) is 12.1 Å². The number of pyridine rings is 1. The van der Waals surface area contributed by atoms with Gasteiger partial charge >= 0.3 is 0 Å². The van der Waals surface area contributed by atoms with Gasteiger partial charge in [-0.15, -0.1) is 10.6 Å². The fourth-order valence-corrected chi connectivity index (χ4v) is 4.69. The van der Waals surface area contributed by atoms with Crippen LogP contribution in [-0.4, -0.2) is 58.1 Å². The first kappa shape index (κ1) is 23.7. The largest absolute Gasteiger partial charge is 0.383 e. The van der Waals surface area contributed by atoms with Crippen molar-refractivity contribution in [2.24, 2.45) is 5.10 Å². The SMILES string of the molecule is C[C@@H](C(=O)N1CC=C(c2cnc(N)c(C3=NNNN3c3cccc(F)c3F)c2)CC1)N1CCCC1=O. The lowest BCUT2D eigenvalue weighted by molar-refractivity contribution is -0.142. The van der Waals surface area contributed by atoms with Gasteiger partial charge in [0.2, 0.25) is 11.8 Å². The van der Waals surface area contributed by atoms with Crippen molar-refractivity contribution in [2.75, 3.05) is 30.4 Å². The quantitative estimate of drug-likeness (QED) is 0.577. The monoisotopic (exact) mass is 496 g/mol. The third-order valence-corrected chi connectivity index (χ3v) is 6.69. The zero-order valence-electron chi connectivity index (χ0n) is 19.7. The molecule has 12 heteroatoms. The second kappa shape index (κ2) is 9.53. The molecule has 1 atom stereocenters. The number of nitrogens with zero attached hydrogens (tertiary/aromatic N) is 5. The number of halogens is 2. The summed E-state index contributed by atoms with van der Waals surface area (Å²) >= 11 is 0. The summed E-state index contributed by atoms with van der Waals surface area (Å²) in [6.07, 6.45) is 5.45. The molecular formula is C24H26F2N8O2. The first-order chi connectivity index (χ1) is 17.3. The minimum absolute atomic E-state index is 0.0236. The van der Waals surface area contributed by atoms with Crippen LogP contribution in [0.25, 0.3) is 5.57 Å². The molecule has 0 aliphatic carbocycles. The van der Waals surface area contributed by atoms with Crippen LogP contribution in [0.3, 0.4) is 0 Å². The third kappa shape index (κ3) is 4.24. The lowest BCUT2D eigenvalue weighted by Gasteiger charge is -2.32. The average molecular weight is 497 g/mol. The number of amidine groups is 1. The van der Waals surface area contributed by atoms with Gasteiger partial charge in [-0.2, -0.15) is 0 Å². The Morgan fingerprint density at radius 2 is 2.06 bits per heavy atom. The Balaban J connectivity index is 1.35. The van der Waals surface area contributed by atoms with Crippen LogP contribution < -0.4 is 21.8 Å². The lowest BCUT2D eigenvalue weighted by atomic mass is 9.98. The molecule has 1 saturated heterocycles. The number of amides is 2. The maximum absolute atomic E-state index is 14.4. The maximum atomic E-state index is 14.4. The Bertz CT molecular complexity index is 1280. The zero-order valence-corrected chi connectivity index (χ0v) is 19.7. The Hall–Kier alpha value is -4.06. The summed E-state index contributed by atoms with van der Waals surface area (Å²) in [4.78, 5) is 32.7. The number of aromatic nitrogens is 1. The number of hydrazine groups is 2. The Kier molecular flexibility index (Phi) is 6.27. The van der Waals surface area contributed by atoms with Gasteiger partial charge in [0.1, 0.15) is 17.5 Å². The number of hydrogen-bond acceptors (Lipinski definition) is 8. The second-order valence-electron chi connectivity index (χ2n) is 8.85. The Labute approximate surface area is 206 Å². The molecule has 4 heterocycles. The van der Waals surface area contributed by atoms with Gasteiger partial charge in [0.25, 0.3) is 0 Å². The van der Waals surface area contributed by atoms with E-state index in [0.29, 0.717) is 38.0 Å². The van der Waals surface area contributed by atoms with Crippen molar-refractivity contribution in [2.45, 2.75) is 32.2 Å². The average Bonchev–Trinajstić information content (AvgIpc) is 3.54. The molecule has 0 saturated carbocycles. The molecule has 188 valence electrons. The summed E-state index contributed by atoms with van der Waals surface area (Å²) in [6, 6.07) is 5.14. The van der Waals surface area contributed by atoms with Crippen LogP contribution in [0.1, 0.15) is 37.3 Å². The highest BCUT2D eigenvalue weighted by atomic mass is 19.2. The third-order valence-electron chi connectivity index (χ3n) is 6.69. The first-order valence-corrected chi connectivity index (χ1v) is 11.7. The number of hydrogen-bond donors (Lipinski definition) is 3. The number of anilines is 2. The van der Waals surface area contributed by atoms with E-state index in [1.165, 1.54) is 17.1 Å². The van der Waals surface area contributed by atoms with Gasteiger partial charge in [-0.25, -0.2) is 24.3 Å². The highest BCUT2D eigenvalue weighted by Gasteiger charge is 2.33. The smallest absolute Gasteiger partial charge is 0.245 e. The number of nitrogens with one attached hydrogen (secondary N) is 2. The number of nitrogens with two attached hydrogens (primary N) is 1. The molecule has 1 fully saturated rings. The van der Waals surface area contributed by atoms with Crippen molar-refractivity contribution >= 4 is 34.7 Å². The standard InChI is InChI=1S/C24H26F2N8O2/c1-14(33-9-3-6-20(33)35)24(36)32-10-7-15(8-11-32)16-12-17(22(27)28-13-16)23-29-30-31-34(23)19-5-2-4-18(25)21(19)26/h2,4-5,7,12-14,30-31H,3,6,8-11H2,1H3,(H2,27,28)/t14-/m0/s1. The van der Waals surface area contributed by atoms with Gasteiger partial charge in [0, 0.05) is 32.3 Å². The molecule has 3 aliphatic rings. The topological polar surface area (TPSA) is 119 Å². The van der Waals surface area contributed by atoms with E-state index in [0.717, 1.165) is 23.6 Å². The maximum Gasteiger partial charge on any atom is 0.245 e. The minimum atomic E-state index is -1.03. The van der Waals surface area contributed by atoms with Gasteiger partial charge in [-0.3, -0.25) is 9.59 Å². The van der Waals surface area contributed by atoms with Crippen molar-refractivity contribution in [1.29, 1.82) is 0 Å². The van der Waals surface area contributed by atoms with Gasteiger partial charge < -0.3 is 15.5 Å². The highest BCUT2D eigenvalue weighted by molar-refractivity contribution is 6.12. The molecule has 10 nitrogen and oxygen atoms in total. The Morgan fingerprint density at radius 1 is 1.22 bits per heavy atom. The molecule has 0 bridgehead atoms. The fraction of sp³-hybridized carbons (Fsp3) is 0.333. The summed E-state index contributed by atoms with van der Waals surface area (Å²) in [7, 11) is 0. The molecule has 0 radical (unpaired) electrons. The number of rotatable bonds is 5. The molecule has 0 spiro atoms. The first-order valence-electron chi connectivity index (χ1n) is 11.7. The molecule has 1 aromatic heterocycles. The van der Waals surface area contributed by atoms with E-state index < -0.39 is 17.7 Å². The van der Waals surface area contributed by atoms with E-state index >= 15 is 0 Å². The summed E-state index contributed by atoms with van der Waals surface area (Å²) in [5.74, 6) is -1.67. The van der Waals surface area contributed by atoms with E-state index in [4.69, 9.17) is 5.73 Å². The molecule has 5 rings (SSSR count). The summed E-state index contributed by atoms with van der Waals surface area (Å²) < 4.78 is 28.3. The molecule has 36 heavy (non-hydrogen) atoms. The van der Waals surface area contributed by atoms with Crippen LogP contribution in [0.4, 0.5) is 20.3 Å². The second-order valence-corrected chi connectivity index (χ2v) is 8.85.